The van der Waals surface area contributed by atoms with E-state index in [4.69, 9.17) is 9.68 Å². The highest BCUT2D eigenvalue weighted by Crippen LogP contribution is 2.25. The van der Waals surface area contributed by atoms with E-state index in [1.54, 1.807) is 12.5 Å². The smallest absolute Gasteiger partial charge is 0.107 e. The minimum Gasteiger partial charge on any atom is -0.417 e. The minimum atomic E-state index is 0.374. The van der Waals surface area contributed by atoms with E-state index in [1.807, 2.05) is 0 Å². The van der Waals surface area contributed by atoms with Crippen LogP contribution in [0.5, 0.6) is 0 Å². The van der Waals surface area contributed by atoms with E-state index < -0.39 is 0 Å². The lowest BCUT2D eigenvalue weighted by Crippen LogP contribution is -2.48. The molecule has 2 heterocycles. The molecule has 0 aromatic heterocycles. The maximum Gasteiger partial charge on any atom is 0.107 e. The summed E-state index contributed by atoms with van der Waals surface area (Å²) in [7, 11) is 0. The van der Waals surface area contributed by atoms with Gasteiger partial charge in [0, 0.05) is 0 Å². The van der Waals surface area contributed by atoms with E-state index in [2.05, 4.69) is 30.0 Å². The summed E-state index contributed by atoms with van der Waals surface area (Å²) in [6.07, 6.45) is 16.1. The first-order valence-electron chi connectivity index (χ1n) is 7.54. The van der Waals surface area contributed by atoms with Crippen LogP contribution in [0.25, 0.3) is 0 Å². The van der Waals surface area contributed by atoms with Gasteiger partial charge < -0.3 is 9.68 Å². The fourth-order valence-corrected chi connectivity index (χ4v) is 2.86. The van der Waals surface area contributed by atoms with Gasteiger partial charge in [0.05, 0.1) is 12.1 Å². The fourth-order valence-electron chi connectivity index (χ4n) is 2.86. The van der Waals surface area contributed by atoms with Gasteiger partial charge in [-0.2, -0.15) is 11.0 Å². The Morgan fingerprint density at radius 1 is 1.00 bits per heavy atom. The normalized spacial score (nSPS) is 27.6. The predicted molar refractivity (Wildman–Crippen MR) is 75.8 cm³/mol. The molecule has 4 nitrogen and oxygen atoms in total. The molecule has 2 N–H and O–H groups in total. The van der Waals surface area contributed by atoms with Crippen LogP contribution in [-0.4, -0.2) is 12.1 Å². The largest absolute Gasteiger partial charge is 0.417 e. The van der Waals surface area contributed by atoms with Crippen molar-refractivity contribution >= 4 is 0 Å². The first kappa shape index (κ1) is 14.4. The molecule has 2 aliphatic heterocycles. The fraction of sp³-hybridized carbons (Fsp3) is 0.733. The van der Waals surface area contributed by atoms with E-state index in [9.17, 15) is 0 Å². The Hall–Kier alpha value is -1.00. The van der Waals surface area contributed by atoms with E-state index in [-0.39, 0.29) is 0 Å². The molecule has 2 aliphatic rings. The third-order valence-electron chi connectivity index (χ3n) is 3.97. The lowest BCUT2D eigenvalue weighted by atomic mass is 9.84. The molecule has 0 saturated heterocycles. The standard InChI is InChI=1S/C15H26N2O2/c1-2-3-4-5-8-13(14-9-6-11-18-16-14)15-10-7-12-19-17-15/h6-7,11-17H,2-5,8-10H2,1H3. The Morgan fingerprint density at radius 3 is 2.11 bits per heavy atom. The van der Waals surface area contributed by atoms with E-state index in [0.717, 1.165) is 12.8 Å². The molecule has 0 aromatic carbocycles. The zero-order valence-corrected chi connectivity index (χ0v) is 11.8. The average molecular weight is 266 g/mol. The van der Waals surface area contributed by atoms with Crippen molar-refractivity contribution in [3.63, 3.8) is 0 Å². The second kappa shape index (κ2) is 8.23. The van der Waals surface area contributed by atoms with Crippen LogP contribution >= 0.6 is 0 Å². The third kappa shape index (κ3) is 4.55. The molecule has 4 heteroatoms. The molecule has 0 bridgehead atoms. The van der Waals surface area contributed by atoms with Crippen molar-refractivity contribution in [1.29, 1.82) is 0 Å². The van der Waals surface area contributed by atoms with Gasteiger partial charge in [-0.3, -0.25) is 0 Å². The molecule has 0 radical (unpaired) electrons. The van der Waals surface area contributed by atoms with Gasteiger partial charge in [-0.25, -0.2) is 0 Å². The van der Waals surface area contributed by atoms with E-state index >= 15 is 0 Å². The molecule has 2 unspecified atom stereocenters. The van der Waals surface area contributed by atoms with Crippen molar-refractivity contribution in [2.75, 3.05) is 0 Å². The van der Waals surface area contributed by atoms with Crippen molar-refractivity contribution in [1.82, 2.24) is 11.0 Å². The Bertz CT molecular complexity index is 281. The molecule has 0 amide bonds. The number of hydrogen-bond acceptors (Lipinski definition) is 4. The lowest BCUT2D eigenvalue weighted by molar-refractivity contribution is 0.0105. The highest BCUT2D eigenvalue weighted by Gasteiger charge is 2.30. The number of unbranched alkanes of at least 4 members (excludes halogenated alkanes) is 3. The monoisotopic (exact) mass is 266 g/mol. The second-order valence-corrected chi connectivity index (χ2v) is 5.41. The van der Waals surface area contributed by atoms with Gasteiger partial charge in [0.1, 0.15) is 12.5 Å². The van der Waals surface area contributed by atoms with Gasteiger partial charge in [0.25, 0.3) is 0 Å². The van der Waals surface area contributed by atoms with Crippen LogP contribution in [-0.2, 0) is 9.68 Å². The Balaban J connectivity index is 1.87. The number of nitrogens with one attached hydrogen (secondary N) is 2. The maximum atomic E-state index is 5.26. The Morgan fingerprint density at radius 2 is 1.63 bits per heavy atom. The van der Waals surface area contributed by atoms with Crippen LogP contribution in [0.4, 0.5) is 0 Å². The lowest BCUT2D eigenvalue weighted by Gasteiger charge is -2.35. The summed E-state index contributed by atoms with van der Waals surface area (Å²) in [6.45, 7) is 2.25. The van der Waals surface area contributed by atoms with Gasteiger partial charge in [-0.15, -0.1) is 0 Å². The molecule has 0 fully saturated rings. The average Bonchev–Trinajstić information content (AvgIpc) is 2.49. The second-order valence-electron chi connectivity index (χ2n) is 5.41. The van der Waals surface area contributed by atoms with Crippen LogP contribution in [0.1, 0.15) is 51.9 Å². The summed E-state index contributed by atoms with van der Waals surface area (Å²) in [5, 5.41) is 0. The third-order valence-corrected chi connectivity index (χ3v) is 3.97. The van der Waals surface area contributed by atoms with Crippen LogP contribution < -0.4 is 11.0 Å². The molecule has 0 spiro atoms. The van der Waals surface area contributed by atoms with Gasteiger partial charge in [0.15, 0.2) is 0 Å². The van der Waals surface area contributed by atoms with Crippen molar-refractivity contribution in [3.05, 3.63) is 24.7 Å². The zero-order chi connectivity index (χ0) is 13.3. The van der Waals surface area contributed by atoms with Crippen molar-refractivity contribution in [3.8, 4) is 0 Å². The molecule has 2 rings (SSSR count). The van der Waals surface area contributed by atoms with Crippen LogP contribution in [0, 0.1) is 5.92 Å². The van der Waals surface area contributed by atoms with Gasteiger partial charge in [-0.1, -0.05) is 32.6 Å². The zero-order valence-electron chi connectivity index (χ0n) is 11.8. The van der Waals surface area contributed by atoms with Crippen LogP contribution in [0.3, 0.4) is 0 Å². The molecule has 2 atom stereocenters. The molecule has 0 aliphatic carbocycles. The molecule has 108 valence electrons. The Kier molecular flexibility index (Phi) is 6.24. The first-order chi connectivity index (χ1) is 9.42. The topological polar surface area (TPSA) is 42.5 Å². The summed E-state index contributed by atoms with van der Waals surface area (Å²) >= 11 is 0. The summed E-state index contributed by atoms with van der Waals surface area (Å²) < 4.78 is 0. The van der Waals surface area contributed by atoms with Gasteiger partial charge in [0.2, 0.25) is 0 Å². The number of hydroxylamine groups is 2. The summed E-state index contributed by atoms with van der Waals surface area (Å²) in [5.74, 6) is 0.534. The van der Waals surface area contributed by atoms with E-state index in [0.29, 0.717) is 18.0 Å². The van der Waals surface area contributed by atoms with Crippen LogP contribution in [0.2, 0.25) is 0 Å². The van der Waals surface area contributed by atoms with Crippen LogP contribution in [0.15, 0.2) is 24.7 Å². The van der Waals surface area contributed by atoms with Crippen molar-refractivity contribution in [2.45, 2.75) is 64.0 Å². The highest BCUT2D eigenvalue weighted by atomic mass is 16.6. The quantitative estimate of drug-likeness (QED) is 0.695. The molecular formula is C15H26N2O2. The Labute approximate surface area is 116 Å². The highest BCUT2D eigenvalue weighted by molar-refractivity contribution is 4.95. The summed E-state index contributed by atoms with van der Waals surface area (Å²) in [5.41, 5.74) is 6.30. The summed E-state index contributed by atoms with van der Waals surface area (Å²) in [4.78, 5) is 10.5. The van der Waals surface area contributed by atoms with Gasteiger partial charge in [-0.05, 0) is 37.3 Å². The van der Waals surface area contributed by atoms with Crippen molar-refractivity contribution in [2.24, 2.45) is 5.92 Å². The minimum absolute atomic E-state index is 0.374. The van der Waals surface area contributed by atoms with Gasteiger partial charge >= 0.3 is 0 Å². The number of rotatable bonds is 7. The molecule has 0 saturated carbocycles. The number of hydrogen-bond donors (Lipinski definition) is 2. The SMILES string of the molecule is CCCCCCC(C1CC=CON1)C1CC=CON1. The van der Waals surface area contributed by atoms with Crippen molar-refractivity contribution < 1.29 is 9.68 Å². The maximum absolute atomic E-state index is 5.26. The molecule has 19 heavy (non-hydrogen) atoms. The first-order valence-corrected chi connectivity index (χ1v) is 7.54. The van der Waals surface area contributed by atoms with E-state index in [1.165, 1.54) is 32.1 Å². The predicted octanol–water partition coefficient (Wildman–Crippen LogP) is 3.19. The molecule has 0 aromatic rings. The molecular weight excluding hydrogens is 240 g/mol. The summed E-state index contributed by atoms with van der Waals surface area (Å²) in [6, 6.07) is 0.749.